The Morgan fingerprint density at radius 1 is 0.893 bits per heavy atom. The van der Waals surface area contributed by atoms with E-state index in [9.17, 15) is 9.59 Å². The standard InChI is InChI=1S/C21H21N5O2/c1-13-7-8-14(2)18(9-13)26-21(28)19-11-20(23-12-22-19)25-17-6-4-5-16(10-17)24-15(3)27/h4-12H,1-3H3,(H,24,27)(H,26,28)(H,22,23,25). The van der Waals surface area contributed by atoms with E-state index in [-0.39, 0.29) is 17.5 Å². The molecule has 0 aliphatic carbocycles. The van der Waals surface area contributed by atoms with Crippen LogP contribution in [-0.2, 0) is 4.79 Å². The molecule has 28 heavy (non-hydrogen) atoms. The molecule has 0 saturated carbocycles. The van der Waals surface area contributed by atoms with Crippen LogP contribution in [0.25, 0.3) is 0 Å². The van der Waals surface area contributed by atoms with Gasteiger partial charge >= 0.3 is 0 Å². The first-order chi connectivity index (χ1) is 13.4. The van der Waals surface area contributed by atoms with Gasteiger partial charge in [-0.2, -0.15) is 0 Å². The van der Waals surface area contributed by atoms with Crippen LogP contribution in [-0.4, -0.2) is 21.8 Å². The Morgan fingerprint density at radius 3 is 2.46 bits per heavy atom. The Balaban J connectivity index is 1.76. The number of rotatable bonds is 5. The highest BCUT2D eigenvalue weighted by atomic mass is 16.2. The summed E-state index contributed by atoms with van der Waals surface area (Å²) in [5, 5.41) is 8.72. The first-order valence-corrected chi connectivity index (χ1v) is 8.76. The lowest BCUT2D eigenvalue weighted by molar-refractivity contribution is -0.114. The maximum Gasteiger partial charge on any atom is 0.274 e. The molecule has 0 spiro atoms. The van der Waals surface area contributed by atoms with Gasteiger partial charge in [0.2, 0.25) is 5.91 Å². The van der Waals surface area contributed by atoms with E-state index in [1.165, 1.54) is 13.3 Å². The summed E-state index contributed by atoms with van der Waals surface area (Å²) in [5.74, 6) is 0.0109. The van der Waals surface area contributed by atoms with Crippen molar-refractivity contribution < 1.29 is 9.59 Å². The summed E-state index contributed by atoms with van der Waals surface area (Å²) in [6.07, 6.45) is 1.33. The van der Waals surface area contributed by atoms with Gasteiger partial charge in [-0.1, -0.05) is 18.2 Å². The van der Waals surface area contributed by atoms with Crippen LogP contribution in [0.3, 0.4) is 0 Å². The number of hydrogen-bond acceptors (Lipinski definition) is 5. The minimum atomic E-state index is -0.314. The second-order valence-electron chi connectivity index (χ2n) is 6.45. The first kappa shape index (κ1) is 19.0. The summed E-state index contributed by atoms with van der Waals surface area (Å²) in [6, 6.07) is 14.7. The molecule has 0 saturated heterocycles. The summed E-state index contributed by atoms with van der Waals surface area (Å²) in [7, 11) is 0. The van der Waals surface area contributed by atoms with Crippen molar-refractivity contribution >= 4 is 34.7 Å². The van der Waals surface area contributed by atoms with E-state index < -0.39 is 0 Å². The van der Waals surface area contributed by atoms with Gasteiger partial charge in [0.1, 0.15) is 17.8 Å². The van der Waals surface area contributed by atoms with Crippen LogP contribution in [0.4, 0.5) is 22.9 Å². The number of anilines is 4. The highest BCUT2D eigenvalue weighted by molar-refractivity contribution is 6.03. The fraction of sp³-hybridized carbons (Fsp3) is 0.143. The highest BCUT2D eigenvalue weighted by Crippen LogP contribution is 2.20. The molecule has 3 aromatic rings. The molecule has 2 amide bonds. The zero-order chi connectivity index (χ0) is 20.1. The highest BCUT2D eigenvalue weighted by Gasteiger charge is 2.11. The fourth-order valence-electron chi connectivity index (χ4n) is 2.63. The fourth-order valence-corrected chi connectivity index (χ4v) is 2.63. The zero-order valence-corrected chi connectivity index (χ0v) is 15.9. The number of amides is 2. The third kappa shape index (κ3) is 4.91. The van der Waals surface area contributed by atoms with Gasteiger partial charge < -0.3 is 16.0 Å². The molecule has 0 fully saturated rings. The average Bonchev–Trinajstić information content (AvgIpc) is 2.64. The number of hydrogen-bond donors (Lipinski definition) is 3. The predicted molar refractivity (Wildman–Crippen MR) is 110 cm³/mol. The molecule has 2 aromatic carbocycles. The molecule has 7 nitrogen and oxygen atoms in total. The van der Waals surface area contributed by atoms with Gasteiger partial charge in [-0.15, -0.1) is 0 Å². The summed E-state index contributed by atoms with van der Waals surface area (Å²) in [4.78, 5) is 32.0. The summed E-state index contributed by atoms with van der Waals surface area (Å²) in [6.45, 7) is 5.35. The van der Waals surface area contributed by atoms with Gasteiger partial charge in [-0.3, -0.25) is 9.59 Å². The van der Waals surface area contributed by atoms with Gasteiger partial charge in [-0.25, -0.2) is 9.97 Å². The summed E-state index contributed by atoms with van der Waals surface area (Å²) < 4.78 is 0. The van der Waals surface area contributed by atoms with Crippen LogP contribution in [0.5, 0.6) is 0 Å². The minimum absolute atomic E-state index is 0.149. The van der Waals surface area contributed by atoms with E-state index in [1.807, 2.05) is 44.2 Å². The number of aryl methyl sites for hydroxylation is 2. The van der Waals surface area contributed by atoms with Gasteiger partial charge in [0, 0.05) is 30.1 Å². The van der Waals surface area contributed by atoms with Gasteiger partial charge in [-0.05, 0) is 49.2 Å². The van der Waals surface area contributed by atoms with E-state index in [1.54, 1.807) is 18.2 Å². The van der Waals surface area contributed by atoms with E-state index in [2.05, 4.69) is 25.9 Å². The molecule has 0 unspecified atom stereocenters. The lowest BCUT2D eigenvalue weighted by atomic mass is 10.1. The molecule has 0 aliphatic rings. The van der Waals surface area contributed by atoms with Crippen LogP contribution in [0.15, 0.2) is 54.9 Å². The summed E-state index contributed by atoms with van der Waals surface area (Å²) >= 11 is 0. The third-order valence-electron chi connectivity index (χ3n) is 4.00. The second-order valence-corrected chi connectivity index (χ2v) is 6.45. The van der Waals surface area contributed by atoms with Gasteiger partial charge in [0.05, 0.1) is 0 Å². The molecule has 1 aromatic heterocycles. The molecule has 1 heterocycles. The Bertz CT molecular complexity index is 1030. The Morgan fingerprint density at radius 2 is 1.68 bits per heavy atom. The molecule has 3 rings (SSSR count). The number of carbonyl (C=O) groups excluding carboxylic acids is 2. The molecule has 3 N–H and O–H groups in total. The monoisotopic (exact) mass is 375 g/mol. The maximum absolute atomic E-state index is 12.6. The number of benzene rings is 2. The average molecular weight is 375 g/mol. The van der Waals surface area contributed by atoms with Crippen molar-refractivity contribution in [3.8, 4) is 0 Å². The van der Waals surface area contributed by atoms with Gasteiger partial charge in [0.25, 0.3) is 5.91 Å². The third-order valence-corrected chi connectivity index (χ3v) is 4.00. The molecule has 0 atom stereocenters. The lowest BCUT2D eigenvalue weighted by Gasteiger charge is -2.11. The normalized spacial score (nSPS) is 10.2. The van der Waals surface area contributed by atoms with Crippen molar-refractivity contribution in [2.24, 2.45) is 0 Å². The van der Waals surface area contributed by atoms with Crippen LogP contribution in [0.1, 0.15) is 28.5 Å². The van der Waals surface area contributed by atoms with E-state index in [0.29, 0.717) is 11.5 Å². The largest absolute Gasteiger partial charge is 0.340 e. The van der Waals surface area contributed by atoms with E-state index in [0.717, 1.165) is 22.5 Å². The maximum atomic E-state index is 12.6. The van der Waals surface area contributed by atoms with Crippen LogP contribution < -0.4 is 16.0 Å². The number of nitrogens with one attached hydrogen (secondary N) is 3. The molecular formula is C21H21N5O2. The SMILES string of the molecule is CC(=O)Nc1cccc(Nc2cc(C(=O)Nc3cc(C)ccc3C)ncn2)c1. The minimum Gasteiger partial charge on any atom is -0.340 e. The van der Waals surface area contributed by atoms with Crippen molar-refractivity contribution in [2.45, 2.75) is 20.8 Å². The van der Waals surface area contributed by atoms with E-state index in [4.69, 9.17) is 0 Å². The van der Waals surface area contributed by atoms with Crippen LogP contribution >= 0.6 is 0 Å². The van der Waals surface area contributed by atoms with Crippen molar-refractivity contribution in [1.82, 2.24) is 9.97 Å². The molecule has 142 valence electrons. The Kier molecular flexibility index (Phi) is 5.64. The van der Waals surface area contributed by atoms with Crippen LogP contribution in [0, 0.1) is 13.8 Å². The van der Waals surface area contributed by atoms with Crippen molar-refractivity contribution in [3.63, 3.8) is 0 Å². The smallest absolute Gasteiger partial charge is 0.274 e. The Labute approximate surface area is 163 Å². The first-order valence-electron chi connectivity index (χ1n) is 8.76. The number of carbonyl (C=O) groups is 2. The topological polar surface area (TPSA) is 96.0 Å². The number of nitrogens with zero attached hydrogens (tertiary/aromatic N) is 2. The second kappa shape index (κ2) is 8.30. The van der Waals surface area contributed by atoms with E-state index >= 15 is 0 Å². The Hall–Kier alpha value is -3.74. The van der Waals surface area contributed by atoms with Gasteiger partial charge in [0.15, 0.2) is 0 Å². The number of aromatic nitrogens is 2. The quantitative estimate of drug-likeness (QED) is 0.625. The van der Waals surface area contributed by atoms with Crippen molar-refractivity contribution in [1.29, 1.82) is 0 Å². The molecule has 0 radical (unpaired) electrons. The van der Waals surface area contributed by atoms with Crippen molar-refractivity contribution in [2.75, 3.05) is 16.0 Å². The molecule has 7 heteroatoms. The lowest BCUT2D eigenvalue weighted by Crippen LogP contribution is -2.15. The van der Waals surface area contributed by atoms with Crippen LogP contribution in [0.2, 0.25) is 0 Å². The predicted octanol–water partition coefficient (Wildman–Crippen LogP) is 4.05. The summed E-state index contributed by atoms with van der Waals surface area (Å²) in [5.41, 5.74) is 4.42. The zero-order valence-electron chi connectivity index (χ0n) is 15.9. The molecular weight excluding hydrogens is 354 g/mol. The molecule has 0 bridgehead atoms. The molecule has 0 aliphatic heterocycles. The van der Waals surface area contributed by atoms with Crippen molar-refractivity contribution in [3.05, 3.63) is 71.7 Å².